The lowest BCUT2D eigenvalue weighted by molar-refractivity contribution is -0.149. The lowest BCUT2D eigenvalue weighted by atomic mass is 9.97. The number of hydrogen-bond acceptors (Lipinski definition) is 6. The molecule has 188 valence electrons. The molecule has 9 nitrogen and oxygen atoms in total. The number of alkyl carbamates (subject to hydrolysis) is 1. The Hall–Kier alpha value is -4.14. The van der Waals surface area contributed by atoms with Crippen molar-refractivity contribution in [2.75, 3.05) is 12.3 Å². The van der Waals surface area contributed by atoms with Gasteiger partial charge >= 0.3 is 6.09 Å². The minimum atomic E-state index is -0.962. The van der Waals surface area contributed by atoms with E-state index in [9.17, 15) is 14.4 Å². The molecule has 0 spiro atoms. The number of nitrogens with one attached hydrogen (secondary N) is 2. The minimum absolute atomic E-state index is 0.243. The molecule has 36 heavy (non-hydrogen) atoms. The van der Waals surface area contributed by atoms with Crippen LogP contribution in [0.2, 0.25) is 0 Å². The summed E-state index contributed by atoms with van der Waals surface area (Å²) in [6, 6.07) is 15.0. The molecule has 2 aromatic carbocycles. The second-order valence-corrected chi connectivity index (χ2v) is 9.80. The maximum Gasteiger partial charge on any atom is 0.408 e. The molecule has 4 rings (SSSR count). The smallest absolute Gasteiger partial charge is 0.408 e. The molecule has 3 amide bonds. The van der Waals surface area contributed by atoms with Crippen LogP contribution in [-0.2, 0) is 20.9 Å². The van der Waals surface area contributed by atoms with E-state index < -0.39 is 23.8 Å². The number of nitrogen functional groups attached to an aromatic ring is 1. The lowest BCUT2D eigenvalue weighted by Gasteiger charge is -2.41. The topological polar surface area (TPSA) is 127 Å². The number of likely N-dealkylation sites (tertiary alicyclic amines) is 1. The summed E-state index contributed by atoms with van der Waals surface area (Å²) in [7, 11) is 0. The summed E-state index contributed by atoms with van der Waals surface area (Å²) in [5, 5.41) is 7.40. The zero-order chi connectivity index (χ0) is 25.9. The highest BCUT2D eigenvalue weighted by Gasteiger charge is 2.41. The molecule has 3 aromatic rings. The number of nitrogens with zero attached hydrogens (tertiary/aromatic N) is 2. The SMILES string of the molecule is CC(C)(C)OC(=O)N[C@@H](C(=O)N1CC[C@H]1C(=O)NCc1ccc2c(N)nccc2c1)c1ccccc1. The summed E-state index contributed by atoms with van der Waals surface area (Å²) in [6.45, 7) is 6.00. The van der Waals surface area contributed by atoms with Gasteiger partial charge in [0.05, 0.1) is 0 Å². The number of hydrogen-bond donors (Lipinski definition) is 3. The summed E-state index contributed by atoms with van der Waals surface area (Å²) in [4.78, 5) is 44.5. The summed E-state index contributed by atoms with van der Waals surface area (Å²) in [6.07, 6.45) is 1.50. The average Bonchev–Trinajstić information content (AvgIpc) is 2.80. The first kappa shape index (κ1) is 25.0. The first-order valence-corrected chi connectivity index (χ1v) is 11.9. The van der Waals surface area contributed by atoms with Gasteiger partial charge in [-0.25, -0.2) is 9.78 Å². The highest BCUT2D eigenvalue weighted by molar-refractivity contribution is 5.94. The van der Waals surface area contributed by atoms with Crippen LogP contribution in [0.4, 0.5) is 10.6 Å². The molecule has 2 heterocycles. The van der Waals surface area contributed by atoms with Gasteiger partial charge in [0.1, 0.15) is 23.5 Å². The Kier molecular flexibility index (Phi) is 7.10. The van der Waals surface area contributed by atoms with E-state index in [0.717, 1.165) is 16.3 Å². The quantitative estimate of drug-likeness (QED) is 0.488. The van der Waals surface area contributed by atoms with E-state index in [4.69, 9.17) is 10.5 Å². The number of ether oxygens (including phenoxy) is 1. The molecule has 0 radical (unpaired) electrons. The van der Waals surface area contributed by atoms with Gasteiger partial charge in [0.2, 0.25) is 5.91 Å². The minimum Gasteiger partial charge on any atom is -0.444 e. The van der Waals surface area contributed by atoms with Crippen LogP contribution in [0.25, 0.3) is 10.8 Å². The van der Waals surface area contributed by atoms with Crippen LogP contribution in [0.15, 0.2) is 60.8 Å². The molecule has 1 aliphatic rings. The van der Waals surface area contributed by atoms with E-state index in [1.165, 1.54) is 4.90 Å². The fraction of sp³-hybridized carbons (Fsp3) is 0.333. The monoisotopic (exact) mass is 489 g/mol. The molecule has 0 saturated carbocycles. The van der Waals surface area contributed by atoms with Gasteiger partial charge in [0.15, 0.2) is 0 Å². The largest absolute Gasteiger partial charge is 0.444 e. The molecule has 4 N–H and O–H groups in total. The van der Waals surface area contributed by atoms with Gasteiger partial charge in [-0.3, -0.25) is 9.59 Å². The van der Waals surface area contributed by atoms with Gasteiger partial charge in [0, 0.05) is 24.7 Å². The number of rotatable bonds is 6. The molecule has 1 aliphatic heterocycles. The Morgan fingerprint density at radius 2 is 1.89 bits per heavy atom. The molecule has 2 atom stereocenters. The molecule has 1 saturated heterocycles. The Balaban J connectivity index is 1.43. The normalized spacial score (nSPS) is 16.1. The highest BCUT2D eigenvalue weighted by Crippen LogP contribution is 2.25. The molecule has 1 fully saturated rings. The summed E-state index contributed by atoms with van der Waals surface area (Å²) in [5.41, 5.74) is 6.73. The van der Waals surface area contributed by atoms with E-state index in [1.54, 1.807) is 51.2 Å². The number of aromatic nitrogens is 1. The summed E-state index contributed by atoms with van der Waals surface area (Å²) < 4.78 is 5.36. The fourth-order valence-corrected chi connectivity index (χ4v) is 4.12. The first-order chi connectivity index (χ1) is 17.1. The number of benzene rings is 2. The molecule has 9 heteroatoms. The van der Waals surface area contributed by atoms with E-state index in [-0.39, 0.29) is 11.8 Å². The van der Waals surface area contributed by atoms with Gasteiger partial charge in [-0.2, -0.15) is 0 Å². The van der Waals surface area contributed by atoms with Crippen molar-refractivity contribution in [3.63, 3.8) is 0 Å². The second kappa shape index (κ2) is 10.2. The van der Waals surface area contributed by atoms with Crippen molar-refractivity contribution in [1.82, 2.24) is 20.5 Å². The Labute approximate surface area is 210 Å². The van der Waals surface area contributed by atoms with Crippen LogP contribution in [0.1, 0.15) is 44.4 Å². The van der Waals surface area contributed by atoms with E-state index >= 15 is 0 Å². The van der Waals surface area contributed by atoms with Crippen LogP contribution in [0.3, 0.4) is 0 Å². The van der Waals surface area contributed by atoms with Crippen molar-refractivity contribution < 1.29 is 19.1 Å². The lowest BCUT2D eigenvalue weighted by Crippen LogP contribution is -2.60. The van der Waals surface area contributed by atoms with E-state index in [1.807, 2.05) is 30.3 Å². The highest BCUT2D eigenvalue weighted by atomic mass is 16.6. The molecule has 1 aromatic heterocycles. The number of nitrogens with two attached hydrogens (primary N) is 1. The van der Waals surface area contributed by atoms with Crippen LogP contribution >= 0.6 is 0 Å². The Morgan fingerprint density at radius 1 is 1.14 bits per heavy atom. The van der Waals surface area contributed by atoms with Gasteiger partial charge in [-0.05, 0) is 55.8 Å². The predicted octanol–water partition coefficient (Wildman–Crippen LogP) is 3.30. The maximum atomic E-state index is 13.5. The molecule has 0 bridgehead atoms. The van der Waals surface area contributed by atoms with Crippen molar-refractivity contribution in [3.05, 3.63) is 71.9 Å². The van der Waals surface area contributed by atoms with Gasteiger partial charge < -0.3 is 26.0 Å². The second-order valence-electron chi connectivity index (χ2n) is 9.80. The Morgan fingerprint density at radius 3 is 2.56 bits per heavy atom. The first-order valence-electron chi connectivity index (χ1n) is 11.9. The number of carbonyl (C=O) groups excluding carboxylic acids is 3. The fourth-order valence-electron chi connectivity index (χ4n) is 4.12. The number of pyridine rings is 1. The van der Waals surface area contributed by atoms with Crippen molar-refractivity contribution >= 4 is 34.5 Å². The zero-order valence-corrected chi connectivity index (χ0v) is 20.7. The summed E-state index contributed by atoms with van der Waals surface area (Å²) in [5.74, 6) is -0.139. The van der Waals surface area contributed by atoms with Gasteiger partial charge in [-0.1, -0.05) is 42.5 Å². The van der Waals surface area contributed by atoms with Crippen molar-refractivity contribution in [2.24, 2.45) is 0 Å². The van der Waals surface area contributed by atoms with Gasteiger partial charge in [-0.15, -0.1) is 0 Å². The van der Waals surface area contributed by atoms with Crippen LogP contribution in [0.5, 0.6) is 0 Å². The van der Waals surface area contributed by atoms with E-state index in [0.29, 0.717) is 30.9 Å². The maximum absolute atomic E-state index is 13.5. The third-order valence-corrected chi connectivity index (χ3v) is 5.97. The number of fused-ring (bicyclic) bond motifs is 1. The molecular weight excluding hydrogens is 458 g/mol. The zero-order valence-electron chi connectivity index (χ0n) is 20.7. The van der Waals surface area contributed by atoms with Crippen molar-refractivity contribution in [2.45, 2.75) is 51.4 Å². The van der Waals surface area contributed by atoms with Crippen LogP contribution in [0, 0.1) is 0 Å². The Bertz CT molecular complexity index is 1270. The van der Waals surface area contributed by atoms with E-state index in [2.05, 4.69) is 15.6 Å². The van der Waals surface area contributed by atoms with Crippen molar-refractivity contribution in [1.29, 1.82) is 0 Å². The molecule has 0 unspecified atom stereocenters. The molecule has 0 aliphatic carbocycles. The van der Waals surface area contributed by atoms with Crippen molar-refractivity contribution in [3.8, 4) is 0 Å². The average molecular weight is 490 g/mol. The van der Waals surface area contributed by atoms with Gasteiger partial charge in [0.25, 0.3) is 5.91 Å². The number of amides is 3. The third kappa shape index (κ3) is 5.73. The molecular formula is C27H31N5O4. The third-order valence-electron chi connectivity index (χ3n) is 5.97. The number of carbonyl (C=O) groups is 3. The van der Waals surface area contributed by atoms with Crippen LogP contribution in [-0.4, -0.2) is 46.0 Å². The number of anilines is 1. The summed E-state index contributed by atoms with van der Waals surface area (Å²) >= 11 is 0. The standard InChI is InChI=1S/C27H31N5O4/c1-27(2,3)36-26(35)31-22(18-7-5-4-6-8-18)25(34)32-14-12-21(32)24(33)30-16-17-9-10-20-19(15-17)11-13-29-23(20)28/h4-11,13,15,21-22H,12,14,16H2,1-3H3,(H2,28,29)(H,30,33)(H,31,35)/t21-,22+/m0/s1. The predicted molar refractivity (Wildman–Crippen MR) is 137 cm³/mol. The van der Waals surface area contributed by atoms with Crippen LogP contribution < -0.4 is 16.4 Å².